The van der Waals surface area contributed by atoms with Gasteiger partial charge in [-0.2, -0.15) is 0 Å². The molecule has 23 heavy (non-hydrogen) atoms. The number of thioether (sulfide) groups is 1. The first-order valence-corrected chi connectivity index (χ1v) is 8.08. The summed E-state index contributed by atoms with van der Waals surface area (Å²) in [6.45, 7) is 0. The maximum absolute atomic E-state index is 13.7. The van der Waals surface area contributed by atoms with Crippen LogP contribution in [0.4, 0.5) is 4.39 Å². The van der Waals surface area contributed by atoms with Gasteiger partial charge in [0.05, 0.1) is 12.7 Å². The predicted octanol–water partition coefficient (Wildman–Crippen LogP) is 4.83. The van der Waals surface area contributed by atoms with Gasteiger partial charge in [-0.25, -0.2) is 4.39 Å². The third-order valence-electron chi connectivity index (χ3n) is 3.15. The highest BCUT2D eigenvalue weighted by molar-refractivity contribution is 7.98. The molecule has 0 spiro atoms. The second-order valence-corrected chi connectivity index (χ2v) is 5.90. The van der Waals surface area contributed by atoms with Gasteiger partial charge in [-0.1, -0.05) is 41.6 Å². The predicted molar refractivity (Wildman–Crippen MR) is 87.3 cm³/mol. The van der Waals surface area contributed by atoms with Crippen LogP contribution in [-0.2, 0) is 5.75 Å². The average Bonchev–Trinajstić information content (AvgIpc) is 3.03. The van der Waals surface area contributed by atoms with E-state index in [9.17, 15) is 4.39 Å². The van der Waals surface area contributed by atoms with E-state index >= 15 is 0 Å². The molecule has 0 amide bonds. The number of nitrogens with zero attached hydrogens (tertiary/aromatic N) is 2. The molecule has 0 bridgehead atoms. The number of methoxy groups -OCH3 is 1. The minimum Gasteiger partial charge on any atom is -0.496 e. The summed E-state index contributed by atoms with van der Waals surface area (Å²) in [7, 11) is 1.57. The van der Waals surface area contributed by atoms with Crippen molar-refractivity contribution in [3.05, 3.63) is 58.9 Å². The second-order valence-electron chi connectivity index (χ2n) is 4.56. The monoisotopic (exact) mass is 350 g/mol. The highest BCUT2D eigenvalue weighted by Crippen LogP contribution is 2.32. The molecule has 0 aliphatic carbocycles. The molecular weight excluding hydrogens is 339 g/mol. The van der Waals surface area contributed by atoms with Gasteiger partial charge in [0.1, 0.15) is 11.6 Å². The number of rotatable bonds is 5. The molecule has 0 aliphatic heterocycles. The molecule has 1 heterocycles. The molecule has 1 aromatic heterocycles. The third-order valence-corrected chi connectivity index (χ3v) is 4.34. The van der Waals surface area contributed by atoms with E-state index < -0.39 is 0 Å². The maximum atomic E-state index is 13.7. The number of benzene rings is 2. The van der Waals surface area contributed by atoms with Crippen LogP contribution in [0.3, 0.4) is 0 Å². The average molecular weight is 351 g/mol. The van der Waals surface area contributed by atoms with Crippen LogP contribution in [0.5, 0.6) is 5.75 Å². The van der Waals surface area contributed by atoms with Gasteiger partial charge < -0.3 is 9.15 Å². The van der Waals surface area contributed by atoms with Crippen LogP contribution in [0.15, 0.2) is 52.1 Å². The Balaban J connectivity index is 1.78. The number of hydrogen-bond donors (Lipinski definition) is 0. The van der Waals surface area contributed by atoms with E-state index in [1.165, 1.54) is 17.8 Å². The molecule has 3 aromatic rings. The standard InChI is InChI=1S/C16H12ClFN2O2S/c1-21-14-8-3-2-5-10(14)15-19-20-16(22-15)23-9-11-12(17)6-4-7-13(11)18/h2-8H,9H2,1H3. The van der Waals surface area contributed by atoms with Crippen molar-refractivity contribution >= 4 is 23.4 Å². The number of ether oxygens (including phenoxy) is 1. The minimum absolute atomic E-state index is 0.305. The first kappa shape index (κ1) is 15.8. The molecule has 0 unspecified atom stereocenters. The second kappa shape index (κ2) is 7.02. The quantitative estimate of drug-likeness (QED) is 0.617. The van der Waals surface area contributed by atoms with Gasteiger partial charge in [-0.3, -0.25) is 0 Å². The Bertz CT molecular complexity index is 805. The number of aromatic nitrogens is 2. The molecule has 0 aliphatic rings. The summed E-state index contributed by atoms with van der Waals surface area (Å²) < 4.78 is 24.6. The van der Waals surface area contributed by atoms with Crippen LogP contribution < -0.4 is 4.74 Å². The van der Waals surface area contributed by atoms with E-state index in [-0.39, 0.29) is 5.82 Å². The van der Waals surface area contributed by atoms with Gasteiger partial charge >= 0.3 is 0 Å². The lowest BCUT2D eigenvalue weighted by Crippen LogP contribution is -1.88. The Hall–Kier alpha value is -2.05. The maximum Gasteiger partial charge on any atom is 0.277 e. The molecule has 0 N–H and O–H groups in total. The summed E-state index contributed by atoms with van der Waals surface area (Å²) >= 11 is 7.23. The number of halogens is 2. The molecule has 3 rings (SSSR count). The van der Waals surface area contributed by atoms with E-state index in [1.54, 1.807) is 19.2 Å². The van der Waals surface area contributed by atoms with Crippen LogP contribution in [0.1, 0.15) is 5.56 Å². The molecule has 7 heteroatoms. The lowest BCUT2D eigenvalue weighted by molar-refractivity contribution is 0.411. The van der Waals surface area contributed by atoms with Gasteiger partial charge in [0, 0.05) is 16.3 Å². The topological polar surface area (TPSA) is 48.2 Å². The van der Waals surface area contributed by atoms with E-state index in [4.69, 9.17) is 20.8 Å². The molecule has 0 saturated carbocycles. The molecular formula is C16H12ClFN2O2S. The van der Waals surface area contributed by atoms with E-state index in [0.717, 1.165) is 0 Å². The molecule has 118 valence electrons. The van der Waals surface area contributed by atoms with Crippen molar-refractivity contribution in [2.45, 2.75) is 11.0 Å². The zero-order valence-corrected chi connectivity index (χ0v) is 13.7. The van der Waals surface area contributed by atoms with Crippen LogP contribution in [0, 0.1) is 5.82 Å². The summed E-state index contributed by atoms with van der Waals surface area (Å²) in [4.78, 5) is 0. The third kappa shape index (κ3) is 3.48. The van der Waals surface area contributed by atoms with Gasteiger partial charge in [0.2, 0.25) is 0 Å². The number of para-hydroxylation sites is 1. The number of hydrogen-bond acceptors (Lipinski definition) is 5. The first-order chi connectivity index (χ1) is 11.2. The van der Waals surface area contributed by atoms with Crippen molar-refractivity contribution in [3.8, 4) is 17.2 Å². The van der Waals surface area contributed by atoms with Crippen molar-refractivity contribution in [2.75, 3.05) is 7.11 Å². The summed E-state index contributed by atoms with van der Waals surface area (Å²) in [5.74, 6) is 0.947. The van der Waals surface area contributed by atoms with Crippen LogP contribution in [0.2, 0.25) is 5.02 Å². The Morgan fingerprint density at radius 3 is 2.78 bits per heavy atom. The fourth-order valence-corrected chi connectivity index (χ4v) is 3.11. The lowest BCUT2D eigenvalue weighted by atomic mass is 10.2. The van der Waals surface area contributed by atoms with Gasteiger partial charge in [-0.05, 0) is 24.3 Å². The molecule has 0 fully saturated rings. The lowest BCUT2D eigenvalue weighted by Gasteiger charge is -2.04. The summed E-state index contributed by atoms with van der Waals surface area (Å²) in [5, 5.41) is 8.69. The first-order valence-electron chi connectivity index (χ1n) is 6.71. The van der Waals surface area contributed by atoms with Crippen molar-refractivity contribution in [1.82, 2.24) is 10.2 Å². The van der Waals surface area contributed by atoms with Crippen LogP contribution in [0.25, 0.3) is 11.5 Å². The van der Waals surface area contributed by atoms with Crippen molar-refractivity contribution in [2.24, 2.45) is 0 Å². The molecule has 4 nitrogen and oxygen atoms in total. The summed E-state index contributed by atoms with van der Waals surface area (Å²) in [6, 6.07) is 11.9. The van der Waals surface area contributed by atoms with E-state index in [2.05, 4.69) is 10.2 Å². The largest absolute Gasteiger partial charge is 0.496 e. The van der Waals surface area contributed by atoms with Crippen LogP contribution in [-0.4, -0.2) is 17.3 Å². The fourth-order valence-electron chi connectivity index (χ4n) is 2.00. The molecule has 0 atom stereocenters. The minimum atomic E-state index is -0.352. The van der Waals surface area contributed by atoms with Crippen molar-refractivity contribution in [1.29, 1.82) is 0 Å². The zero-order chi connectivity index (χ0) is 16.2. The van der Waals surface area contributed by atoms with Crippen LogP contribution >= 0.6 is 23.4 Å². The Labute approximate surface area is 141 Å². The molecule has 0 radical (unpaired) electrons. The van der Waals surface area contributed by atoms with Gasteiger partial charge in [-0.15, -0.1) is 10.2 Å². The SMILES string of the molecule is COc1ccccc1-c1nnc(SCc2c(F)cccc2Cl)o1. The fraction of sp³-hybridized carbons (Fsp3) is 0.125. The Morgan fingerprint density at radius 1 is 1.17 bits per heavy atom. The summed E-state index contributed by atoms with van der Waals surface area (Å²) in [6.07, 6.45) is 0. The van der Waals surface area contributed by atoms with Gasteiger partial charge in [0.25, 0.3) is 11.1 Å². The van der Waals surface area contributed by atoms with E-state index in [0.29, 0.717) is 38.8 Å². The molecule has 0 saturated heterocycles. The van der Waals surface area contributed by atoms with Crippen molar-refractivity contribution in [3.63, 3.8) is 0 Å². The van der Waals surface area contributed by atoms with Gasteiger partial charge in [0.15, 0.2) is 0 Å². The van der Waals surface area contributed by atoms with Crippen molar-refractivity contribution < 1.29 is 13.5 Å². The highest BCUT2D eigenvalue weighted by Gasteiger charge is 2.14. The Kier molecular flexibility index (Phi) is 4.83. The normalized spacial score (nSPS) is 10.7. The molecule has 2 aromatic carbocycles. The van der Waals surface area contributed by atoms with E-state index in [1.807, 2.05) is 24.3 Å². The summed E-state index contributed by atoms with van der Waals surface area (Å²) in [5.41, 5.74) is 1.12. The smallest absolute Gasteiger partial charge is 0.277 e. The highest BCUT2D eigenvalue weighted by atomic mass is 35.5. The Morgan fingerprint density at radius 2 is 2.00 bits per heavy atom. The zero-order valence-electron chi connectivity index (χ0n) is 12.1.